The van der Waals surface area contributed by atoms with E-state index >= 15 is 0 Å². The van der Waals surface area contributed by atoms with Crippen LogP contribution in [-0.4, -0.2) is 41.2 Å². The average Bonchev–Trinajstić information content (AvgIpc) is 2.77. The third kappa shape index (κ3) is 6.84. The predicted molar refractivity (Wildman–Crippen MR) is 115 cm³/mol. The molecule has 1 aromatic carbocycles. The van der Waals surface area contributed by atoms with Crippen LogP contribution in [0.4, 0.5) is 13.2 Å². The second kappa shape index (κ2) is 10.7. The van der Waals surface area contributed by atoms with Crippen molar-refractivity contribution in [2.45, 2.75) is 31.2 Å². The Bertz CT molecular complexity index is 1060. The molecular formula is C22H21ClF3N3O5. The van der Waals surface area contributed by atoms with Crippen molar-refractivity contribution >= 4 is 23.4 Å². The molecule has 0 radical (unpaired) electrons. The molecule has 34 heavy (non-hydrogen) atoms. The van der Waals surface area contributed by atoms with E-state index in [9.17, 15) is 27.9 Å². The molecule has 2 atom stereocenters. The number of carbonyl (C=O) groups is 2. The molecular weight excluding hydrogens is 479 g/mol. The summed E-state index contributed by atoms with van der Waals surface area (Å²) in [4.78, 5) is 27.6. The van der Waals surface area contributed by atoms with Crippen LogP contribution in [0.1, 0.15) is 30.2 Å². The third-order valence-corrected chi connectivity index (χ3v) is 5.01. The summed E-state index contributed by atoms with van der Waals surface area (Å²) in [5, 5.41) is 15.8. The lowest BCUT2D eigenvalue weighted by Gasteiger charge is -2.29. The number of benzene rings is 1. The largest absolute Gasteiger partial charge is 0.482 e. The van der Waals surface area contributed by atoms with Crippen molar-refractivity contribution in [3.05, 3.63) is 65.1 Å². The number of alkyl halides is 3. The van der Waals surface area contributed by atoms with Gasteiger partial charge in [-0.25, -0.2) is 4.98 Å². The maximum Gasteiger partial charge on any atom is 0.433 e. The lowest BCUT2D eigenvalue weighted by molar-refractivity contribution is -0.141. The fourth-order valence-corrected chi connectivity index (χ4v) is 3.26. The maximum atomic E-state index is 12.5. The molecule has 0 bridgehead atoms. The van der Waals surface area contributed by atoms with E-state index in [1.54, 1.807) is 18.2 Å². The summed E-state index contributed by atoms with van der Waals surface area (Å²) in [6.07, 6.45) is -5.27. The lowest BCUT2D eigenvalue weighted by atomic mass is 9.98. The number of amides is 2. The van der Waals surface area contributed by atoms with E-state index in [4.69, 9.17) is 21.1 Å². The summed E-state index contributed by atoms with van der Waals surface area (Å²) in [7, 11) is 0. The zero-order valence-electron chi connectivity index (χ0n) is 17.7. The molecule has 182 valence electrons. The zero-order valence-corrected chi connectivity index (χ0v) is 18.4. The summed E-state index contributed by atoms with van der Waals surface area (Å²) in [6.45, 7) is 3.43. The number of hydrogen-bond acceptors (Lipinski definition) is 6. The van der Waals surface area contributed by atoms with Gasteiger partial charge in [0.25, 0.3) is 11.8 Å². The maximum absolute atomic E-state index is 12.5. The minimum absolute atomic E-state index is 0.0123. The highest BCUT2D eigenvalue weighted by Crippen LogP contribution is 2.36. The van der Waals surface area contributed by atoms with Crippen molar-refractivity contribution in [2.75, 3.05) is 13.2 Å². The first-order chi connectivity index (χ1) is 16.0. The number of nitrogens with zero attached hydrogens (tertiary/aromatic N) is 1. The second-order valence-corrected chi connectivity index (χ2v) is 7.83. The molecule has 0 saturated carbocycles. The van der Waals surface area contributed by atoms with Gasteiger partial charge in [0.15, 0.2) is 12.7 Å². The van der Waals surface area contributed by atoms with E-state index in [1.807, 2.05) is 0 Å². The molecule has 1 aromatic heterocycles. The van der Waals surface area contributed by atoms with E-state index in [1.165, 1.54) is 0 Å². The van der Waals surface area contributed by atoms with Crippen molar-refractivity contribution < 1.29 is 37.3 Å². The summed E-state index contributed by atoms with van der Waals surface area (Å²) < 4.78 is 48.2. The minimum Gasteiger partial charge on any atom is -0.482 e. The molecule has 3 rings (SSSR count). The number of pyridine rings is 1. The topological polar surface area (TPSA) is 110 Å². The van der Waals surface area contributed by atoms with Crippen molar-refractivity contribution in [3.8, 4) is 11.5 Å². The van der Waals surface area contributed by atoms with Gasteiger partial charge in [0, 0.05) is 35.7 Å². The van der Waals surface area contributed by atoms with E-state index in [2.05, 4.69) is 22.2 Å². The zero-order chi connectivity index (χ0) is 24.9. The first-order valence-corrected chi connectivity index (χ1v) is 10.5. The molecule has 0 unspecified atom stereocenters. The fourth-order valence-electron chi connectivity index (χ4n) is 3.08. The fraction of sp³-hybridized carbons (Fsp3) is 0.318. The molecule has 1 aliphatic heterocycles. The molecule has 2 amide bonds. The number of ether oxygens (including phenoxy) is 2. The van der Waals surface area contributed by atoms with Crippen LogP contribution in [0.25, 0.3) is 0 Å². The summed E-state index contributed by atoms with van der Waals surface area (Å²) in [5.74, 6) is -0.634. The highest BCUT2D eigenvalue weighted by molar-refractivity contribution is 6.30. The molecule has 8 nitrogen and oxygen atoms in total. The Morgan fingerprint density at radius 1 is 1.29 bits per heavy atom. The minimum atomic E-state index is -4.56. The van der Waals surface area contributed by atoms with Gasteiger partial charge >= 0.3 is 6.18 Å². The number of carbonyl (C=O) groups excluding carboxylic acids is 2. The molecule has 0 saturated heterocycles. The third-order valence-electron chi connectivity index (χ3n) is 4.78. The van der Waals surface area contributed by atoms with E-state index in [-0.39, 0.29) is 25.1 Å². The number of aromatic nitrogens is 1. The van der Waals surface area contributed by atoms with Gasteiger partial charge in [0.1, 0.15) is 17.2 Å². The Balaban J connectivity index is 1.37. The summed E-state index contributed by atoms with van der Waals surface area (Å²) in [6, 6.07) is 6.57. The molecule has 2 aromatic rings. The van der Waals surface area contributed by atoms with Crippen molar-refractivity contribution in [1.29, 1.82) is 0 Å². The number of fused-ring (bicyclic) bond motifs is 1. The van der Waals surface area contributed by atoms with Gasteiger partial charge in [0.2, 0.25) is 0 Å². The number of aliphatic hydroxyl groups is 1. The van der Waals surface area contributed by atoms with Gasteiger partial charge in [-0.2, -0.15) is 13.2 Å². The Hall–Kier alpha value is -3.31. The number of rotatable bonds is 8. The van der Waals surface area contributed by atoms with E-state index < -0.39 is 42.5 Å². The van der Waals surface area contributed by atoms with E-state index in [0.29, 0.717) is 22.0 Å². The Morgan fingerprint density at radius 3 is 2.74 bits per heavy atom. The van der Waals surface area contributed by atoms with Gasteiger partial charge in [0.05, 0.1) is 12.3 Å². The summed E-state index contributed by atoms with van der Waals surface area (Å²) in [5.41, 5.74) is -0.239. The number of nitrogens with one attached hydrogen (secondary N) is 2. The normalized spacial score (nSPS) is 17.2. The average molecular weight is 500 g/mol. The lowest BCUT2D eigenvalue weighted by Crippen LogP contribution is -2.41. The smallest absolute Gasteiger partial charge is 0.433 e. The number of hydrogen-bond donors (Lipinski definition) is 3. The molecule has 2 heterocycles. The van der Waals surface area contributed by atoms with Gasteiger partial charge < -0.3 is 25.2 Å². The SMILES string of the molecule is C=C(CCNC(=O)COc1ccc(C(F)(F)F)nc1)NC(=O)[C@@H]1C[C@H](O)c2cc(Cl)ccc2O1. The van der Waals surface area contributed by atoms with Gasteiger partial charge in [-0.05, 0) is 30.3 Å². The Morgan fingerprint density at radius 2 is 2.06 bits per heavy atom. The van der Waals surface area contributed by atoms with Crippen LogP contribution < -0.4 is 20.1 Å². The van der Waals surface area contributed by atoms with Gasteiger partial charge in [-0.15, -0.1) is 0 Å². The van der Waals surface area contributed by atoms with Crippen LogP contribution in [0.5, 0.6) is 11.5 Å². The van der Waals surface area contributed by atoms with Gasteiger partial charge in [-0.1, -0.05) is 18.2 Å². The Kier molecular flexibility index (Phi) is 8.00. The summed E-state index contributed by atoms with van der Waals surface area (Å²) >= 11 is 5.92. The highest BCUT2D eigenvalue weighted by Gasteiger charge is 2.33. The molecule has 1 aliphatic rings. The van der Waals surface area contributed by atoms with Crippen molar-refractivity contribution in [3.63, 3.8) is 0 Å². The van der Waals surface area contributed by atoms with Crippen LogP contribution in [0.2, 0.25) is 5.02 Å². The standard InChI is InChI=1S/C22H21ClF3N3O5/c1-12(29-21(32)18-9-16(30)15-8-13(23)2-4-17(15)34-18)6-7-27-20(31)11-33-14-3-5-19(28-10-14)22(24,25)26/h2-5,8,10,16,18,30H,1,6-7,9,11H2,(H,27,31)(H,29,32)/t16-,18-/m0/s1. The predicted octanol–water partition coefficient (Wildman–Crippen LogP) is 3.15. The molecule has 0 fully saturated rings. The van der Waals surface area contributed by atoms with Crippen LogP contribution in [0, 0.1) is 0 Å². The number of halogens is 4. The van der Waals surface area contributed by atoms with Crippen LogP contribution >= 0.6 is 11.6 Å². The van der Waals surface area contributed by atoms with Crippen LogP contribution in [-0.2, 0) is 15.8 Å². The van der Waals surface area contributed by atoms with Gasteiger partial charge in [-0.3, -0.25) is 9.59 Å². The first-order valence-electron chi connectivity index (χ1n) is 10.1. The van der Waals surface area contributed by atoms with E-state index in [0.717, 1.165) is 18.3 Å². The number of aliphatic hydroxyl groups excluding tert-OH is 1. The van der Waals surface area contributed by atoms with Crippen molar-refractivity contribution in [1.82, 2.24) is 15.6 Å². The molecule has 12 heteroatoms. The highest BCUT2D eigenvalue weighted by atomic mass is 35.5. The van der Waals surface area contributed by atoms with Crippen LogP contribution in [0.15, 0.2) is 48.8 Å². The first kappa shape index (κ1) is 25.3. The second-order valence-electron chi connectivity index (χ2n) is 7.40. The van der Waals surface area contributed by atoms with Crippen molar-refractivity contribution in [2.24, 2.45) is 0 Å². The quantitative estimate of drug-likeness (QED) is 0.515. The molecule has 0 spiro atoms. The molecule has 3 N–H and O–H groups in total. The van der Waals surface area contributed by atoms with Crippen LogP contribution in [0.3, 0.4) is 0 Å². The molecule has 0 aliphatic carbocycles. The Labute approximate surface area is 197 Å². The monoisotopic (exact) mass is 499 g/mol.